The smallest absolute Gasteiger partial charge is 0.110 e. The van der Waals surface area contributed by atoms with Crippen LogP contribution < -0.4 is 5.73 Å². The second kappa shape index (κ2) is 4.81. The van der Waals surface area contributed by atoms with Crippen LogP contribution in [0.25, 0.3) is 11.3 Å². The second-order valence-electron chi connectivity index (χ2n) is 4.01. The molecule has 0 spiro atoms. The summed E-state index contributed by atoms with van der Waals surface area (Å²) in [5.41, 5.74) is 8.12. The molecule has 1 aromatic heterocycles. The average Bonchev–Trinajstić information content (AvgIpc) is 2.87. The standard InChI is InChI=1S/C13H14N4/c1-9(6-14)13-16-8-12(17-13)11-4-2-3-10(5-11)7-15/h2-5,8-9H,6,14H2,1H3,(H,16,17). The van der Waals surface area contributed by atoms with E-state index in [2.05, 4.69) is 16.0 Å². The van der Waals surface area contributed by atoms with Gasteiger partial charge in [-0.15, -0.1) is 0 Å². The van der Waals surface area contributed by atoms with Gasteiger partial charge >= 0.3 is 0 Å². The van der Waals surface area contributed by atoms with Crippen LogP contribution in [0.3, 0.4) is 0 Å². The molecular formula is C13H14N4. The number of aromatic amines is 1. The fourth-order valence-electron chi connectivity index (χ4n) is 1.60. The molecule has 86 valence electrons. The van der Waals surface area contributed by atoms with Gasteiger partial charge < -0.3 is 10.7 Å². The van der Waals surface area contributed by atoms with Crippen molar-refractivity contribution in [3.8, 4) is 17.3 Å². The topological polar surface area (TPSA) is 78.5 Å². The van der Waals surface area contributed by atoms with Gasteiger partial charge in [0.15, 0.2) is 0 Å². The maximum atomic E-state index is 8.85. The summed E-state index contributed by atoms with van der Waals surface area (Å²) in [5.74, 6) is 1.09. The number of nitrogens with zero attached hydrogens (tertiary/aromatic N) is 2. The van der Waals surface area contributed by atoms with Gasteiger partial charge in [0.1, 0.15) is 5.82 Å². The molecule has 17 heavy (non-hydrogen) atoms. The number of H-pyrrole nitrogens is 1. The number of benzene rings is 1. The van der Waals surface area contributed by atoms with E-state index >= 15 is 0 Å². The Morgan fingerprint density at radius 3 is 3.06 bits per heavy atom. The minimum atomic E-state index is 0.211. The van der Waals surface area contributed by atoms with Gasteiger partial charge in [-0.05, 0) is 12.1 Å². The van der Waals surface area contributed by atoms with Crippen LogP contribution in [-0.4, -0.2) is 16.5 Å². The molecule has 2 aromatic rings. The molecule has 0 radical (unpaired) electrons. The highest BCUT2D eigenvalue weighted by molar-refractivity contribution is 5.60. The van der Waals surface area contributed by atoms with Crippen LogP contribution in [0.4, 0.5) is 0 Å². The highest BCUT2D eigenvalue weighted by Crippen LogP contribution is 2.20. The second-order valence-corrected chi connectivity index (χ2v) is 4.01. The van der Waals surface area contributed by atoms with E-state index < -0.39 is 0 Å². The maximum Gasteiger partial charge on any atom is 0.110 e. The Labute approximate surface area is 100 Å². The van der Waals surface area contributed by atoms with Crippen molar-refractivity contribution >= 4 is 0 Å². The summed E-state index contributed by atoms with van der Waals surface area (Å²) >= 11 is 0. The lowest BCUT2D eigenvalue weighted by Gasteiger charge is -2.03. The number of nitrogens with one attached hydrogen (secondary N) is 1. The highest BCUT2D eigenvalue weighted by atomic mass is 14.9. The van der Waals surface area contributed by atoms with E-state index in [0.29, 0.717) is 12.1 Å². The number of aromatic nitrogens is 2. The van der Waals surface area contributed by atoms with Crippen LogP contribution in [0.2, 0.25) is 0 Å². The van der Waals surface area contributed by atoms with Crippen molar-refractivity contribution in [2.45, 2.75) is 12.8 Å². The summed E-state index contributed by atoms with van der Waals surface area (Å²) in [6, 6.07) is 9.55. The molecule has 1 aromatic carbocycles. The molecule has 4 heteroatoms. The SMILES string of the molecule is CC(CN)c1ncc(-c2cccc(C#N)c2)[nH]1. The lowest BCUT2D eigenvalue weighted by Crippen LogP contribution is -2.10. The number of nitriles is 1. The Hall–Kier alpha value is -2.12. The van der Waals surface area contributed by atoms with Gasteiger partial charge in [-0.2, -0.15) is 5.26 Å². The minimum Gasteiger partial charge on any atom is -0.342 e. The van der Waals surface area contributed by atoms with Gasteiger partial charge in [-0.1, -0.05) is 19.1 Å². The number of imidazole rings is 1. The number of nitrogens with two attached hydrogens (primary N) is 1. The van der Waals surface area contributed by atoms with Gasteiger partial charge in [-0.25, -0.2) is 4.98 Å². The maximum absolute atomic E-state index is 8.85. The zero-order valence-corrected chi connectivity index (χ0v) is 9.64. The molecule has 0 saturated heterocycles. The molecule has 0 aliphatic carbocycles. The van der Waals surface area contributed by atoms with Crippen LogP contribution in [-0.2, 0) is 0 Å². The Balaban J connectivity index is 2.34. The quantitative estimate of drug-likeness (QED) is 0.840. The summed E-state index contributed by atoms with van der Waals surface area (Å²) in [6.07, 6.45) is 1.78. The first-order valence-electron chi connectivity index (χ1n) is 5.50. The Morgan fingerprint density at radius 1 is 1.53 bits per heavy atom. The predicted octanol–water partition coefficient (Wildman–Crippen LogP) is 2.01. The normalized spacial score (nSPS) is 12.1. The number of hydrogen-bond acceptors (Lipinski definition) is 3. The van der Waals surface area contributed by atoms with E-state index in [9.17, 15) is 0 Å². The van der Waals surface area contributed by atoms with Crippen molar-refractivity contribution in [1.29, 1.82) is 5.26 Å². The van der Waals surface area contributed by atoms with Crippen LogP contribution >= 0.6 is 0 Å². The third kappa shape index (κ3) is 2.35. The zero-order valence-electron chi connectivity index (χ0n) is 9.64. The lowest BCUT2D eigenvalue weighted by molar-refractivity contribution is 0.725. The summed E-state index contributed by atoms with van der Waals surface area (Å²) in [6.45, 7) is 2.58. The van der Waals surface area contributed by atoms with Crippen molar-refractivity contribution in [1.82, 2.24) is 9.97 Å². The number of rotatable bonds is 3. The third-order valence-corrected chi connectivity index (χ3v) is 2.72. The lowest BCUT2D eigenvalue weighted by atomic mass is 10.1. The summed E-state index contributed by atoms with van der Waals surface area (Å²) in [5, 5.41) is 8.85. The molecule has 4 nitrogen and oxygen atoms in total. The summed E-state index contributed by atoms with van der Waals surface area (Å²) in [7, 11) is 0. The molecule has 1 atom stereocenters. The first kappa shape index (κ1) is 11.4. The molecule has 0 aliphatic heterocycles. The monoisotopic (exact) mass is 226 g/mol. The van der Waals surface area contributed by atoms with E-state index in [-0.39, 0.29) is 5.92 Å². The van der Waals surface area contributed by atoms with Crippen LogP contribution in [0, 0.1) is 11.3 Å². The molecule has 1 unspecified atom stereocenters. The largest absolute Gasteiger partial charge is 0.342 e. The van der Waals surface area contributed by atoms with Gasteiger partial charge in [0.2, 0.25) is 0 Å². The van der Waals surface area contributed by atoms with Gasteiger partial charge in [0, 0.05) is 18.0 Å². The van der Waals surface area contributed by atoms with Crippen molar-refractivity contribution in [2.75, 3.05) is 6.54 Å². The van der Waals surface area contributed by atoms with Crippen LogP contribution in [0.5, 0.6) is 0 Å². The molecule has 0 amide bonds. The molecule has 0 saturated carbocycles. The first-order valence-corrected chi connectivity index (χ1v) is 5.50. The fraction of sp³-hybridized carbons (Fsp3) is 0.231. The van der Waals surface area contributed by atoms with Crippen molar-refractivity contribution in [2.24, 2.45) is 5.73 Å². The van der Waals surface area contributed by atoms with E-state index in [1.165, 1.54) is 0 Å². The first-order chi connectivity index (χ1) is 8.24. The van der Waals surface area contributed by atoms with Crippen molar-refractivity contribution < 1.29 is 0 Å². The predicted molar refractivity (Wildman–Crippen MR) is 66.2 cm³/mol. The van der Waals surface area contributed by atoms with E-state index in [4.69, 9.17) is 11.0 Å². The third-order valence-electron chi connectivity index (χ3n) is 2.72. The molecule has 2 rings (SSSR count). The van der Waals surface area contributed by atoms with Gasteiger partial charge in [-0.3, -0.25) is 0 Å². The minimum absolute atomic E-state index is 0.211. The van der Waals surface area contributed by atoms with Gasteiger partial charge in [0.05, 0.1) is 23.5 Å². The fourth-order valence-corrected chi connectivity index (χ4v) is 1.60. The van der Waals surface area contributed by atoms with E-state index in [1.54, 1.807) is 12.3 Å². The Bertz CT molecular complexity index is 551. The molecular weight excluding hydrogens is 212 g/mol. The Morgan fingerprint density at radius 2 is 2.35 bits per heavy atom. The molecule has 0 aliphatic rings. The van der Waals surface area contributed by atoms with Crippen molar-refractivity contribution in [3.63, 3.8) is 0 Å². The van der Waals surface area contributed by atoms with Crippen LogP contribution in [0.1, 0.15) is 24.2 Å². The molecule has 3 N–H and O–H groups in total. The van der Waals surface area contributed by atoms with Crippen LogP contribution in [0.15, 0.2) is 30.5 Å². The highest BCUT2D eigenvalue weighted by Gasteiger charge is 2.09. The molecule has 0 bridgehead atoms. The summed E-state index contributed by atoms with van der Waals surface area (Å²) < 4.78 is 0. The summed E-state index contributed by atoms with van der Waals surface area (Å²) in [4.78, 5) is 7.53. The van der Waals surface area contributed by atoms with Crippen molar-refractivity contribution in [3.05, 3.63) is 41.9 Å². The number of hydrogen-bond donors (Lipinski definition) is 2. The average molecular weight is 226 g/mol. The van der Waals surface area contributed by atoms with E-state index in [0.717, 1.165) is 17.1 Å². The molecule has 1 heterocycles. The van der Waals surface area contributed by atoms with E-state index in [1.807, 2.05) is 25.1 Å². The molecule has 0 fully saturated rings. The zero-order chi connectivity index (χ0) is 12.3. The Kier molecular flexibility index (Phi) is 3.22. The van der Waals surface area contributed by atoms with Gasteiger partial charge in [0.25, 0.3) is 0 Å².